The lowest BCUT2D eigenvalue weighted by atomic mass is 9.84. The summed E-state index contributed by atoms with van der Waals surface area (Å²) >= 11 is 5.67. The highest BCUT2D eigenvalue weighted by molar-refractivity contribution is 6.30. The van der Waals surface area contributed by atoms with Crippen LogP contribution in [0.5, 0.6) is 0 Å². The number of rotatable bonds is 2. The van der Waals surface area contributed by atoms with E-state index in [1.165, 1.54) is 32.0 Å². The predicted molar refractivity (Wildman–Crippen MR) is 52.1 cm³/mol. The Morgan fingerprint density at radius 2 is 2.07 bits per heavy atom. The molecule has 0 saturated carbocycles. The molecule has 0 radical (unpaired) electrons. The molecule has 1 rings (SSSR count). The van der Waals surface area contributed by atoms with E-state index in [2.05, 4.69) is 0 Å². The van der Waals surface area contributed by atoms with Gasteiger partial charge in [-0.1, -0.05) is 11.6 Å². The molecule has 0 aromatic heterocycles. The van der Waals surface area contributed by atoms with Crippen LogP contribution >= 0.6 is 11.6 Å². The molecule has 0 fully saturated rings. The lowest BCUT2D eigenvalue weighted by Gasteiger charge is -2.20. The van der Waals surface area contributed by atoms with Gasteiger partial charge in [-0.25, -0.2) is 4.39 Å². The summed E-state index contributed by atoms with van der Waals surface area (Å²) in [6.45, 7) is 2.87. The molecule has 4 heteroatoms. The van der Waals surface area contributed by atoms with Gasteiger partial charge < -0.3 is 5.11 Å². The van der Waals surface area contributed by atoms with Crippen molar-refractivity contribution in [2.45, 2.75) is 19.3 Å². The van der Waals surface area contributed by atoms with Crippen LogP contribution in [-0.2, 0) is 10.2 Å². The van der Waals surface area contributed by atoms with E-state index in [0.29, 0.717) is 5.02 Å². The minimum Gasteiger partial charge on any atom is -0.481 e. The van der Waals surface area contributed by atoms with Crippen LogP contribution in [0.1, 0.15) is 19.4 Å². The van der Waals surface area contributed by atoms with Gasteiger partial charge in [0.1, 0.15) is 5.82 Å². The summed E-state index contributed by atoms with van der Waals surface area (Å²) in [6.07, 6.45) is 0. The highest BCUT2D eigenvalue weighted by Crippen LogP contribution is 2.28. The van der Waals surface area contributed by atoms with E-state index in [1.807, 2.05) is 0 Å². The number of hydrogen-bond donors (Lipinski definition) is 1. The molecular formula is C10H10ClFO2. The second kappa shape index (κ2) is 3.58. The van der Waals surface area contributed by atoms with E-state index >= 15 is 0 Å². The molecule has 1 aromatic rings. The second-order valence-corrected chi connectivity index (χ2v) is 3.99. The quantitative estimate of drug-likeness (QED) is 0.826. The molecule has 0 unspecified atom stereocenters. The average Bonchev–Trinajstić information content (AvgIpc) is 2.08. The highest BCUT2D eigenvalue weighted by Gasteiger charge is 2.32. The molecule has 0 aliphatic heterocycles. The summed E-state index contributed by atoms with van der Waals surface area (Å²) in [5, 5.41) is 9.23. The van der Waals surface area contributed by atoms with E-state index in [9.17, 15) is 9.18 Å². The van der Waals surface area contributed by atoms with Gasteiger partial charge in [0.2, 0.25) is 0 Å². The Morgan fingerprint density at radius 3 is 2.57 bits per heavy atom. The summed E-state index contributed by atoms with van der Waals surface area (Å²) in [5.74, 6) is -1.64. The maximum absolute atomic E-state index is 13.3. The van der Waals surface area contributed by atoms with Crippen molar-refractivity contribution in [1.82, 2.24) is 0 Å². The van der Waals surface area contributed by atoms with Gasteiger partial charge in [0.25, 0.3) is 0 Å². The third-order valence-electron chi connectivity index (χ3n) is 2.14. The van der Waals surface area contributed by atoms with Crippen LogP contribution < -0.4 is 0 Å². The van der Waals surface area contributed by atoms with Crippen LogP contribution in [0.25, 0.3) is 0 Å². The molecule has 0 bridgehead atoms. The molecule has 0 spiro atoms. The fourth-order valence-electron chi connectivity index (χ4n) is 1.09. The van der Waals surface area contributed by atoms with Gasteiger partial charge in [0.15, 0.2) is 0 Å². The second-order valence-electron chi connectivity index (χ2n) is 3.55. The largest absolute Gasteiger partial charge is 0.481 e. The summed E-state index contributed by atoms with van der Waals surface area (Å²) < 4.78 is 13.3. The Labute approximate surface area is 86.3 Å². The van der Waals surface area contributed by atoms with Crippen molar-refractivity contribution in [3.63, 3.8) is 0 Å². The smallest absolute Gasteiger partial charge is 0.313 e. The summed E-state index contributed by atoms with van der Waals surface area (Å²) in [6, 6.07) is 3.89. The van der Waals surface area contributed by atoms with E-state index in [0.717, 1.165) is 0 Å². The summed E-state index contributed by atoms with van der Waals surface area (Å²) in [4.78, 5) is 10.9. The molecule has 0 amide bonds. The first-order valence-corrected chi connectivity index (χ1v) is 4.42. The van der Waals surface area contributed by atoms with Crippen LogP contribution in [0.2, 0.25) is 5.02 Å². The van der Waals surface area contributed by atoms with Crippen molar-refractivity contribution < 1.29 is 14.3 Å². The Balaban J connectivity index is 3.31. The molecule has 0 aliphatic carbocycles. The van der Waals surface area contributed by atoms with Crippen molar-refractivity contribution in [2.24, 2.45) is 0 Å². The van der Waals surface area contributed by atoms with Crippen LogP contribution in [0, 0.1) is 5.82 Å². The van der Waals surface area contributed by atoms with Crippen molar-refractivity contribution in [1.29, 1.82) is 0 Å². The first-order valence-electron chi connectivity index (χ1n) is 4.04. The van der Waals surface area contributed by atoms with Gasteiger partial charge in [-0.2, -0.15) is 0 Å². The minimum atomic E-state index is -1.27. The maximum atomic E-state index is 13.3. The Hall–Kier alpha value is -1.09. The summed E-state index contributed by atoms with van der Waals surface area (Å²) in [5.41, 5.74) is -1.17. The number of carbonyl (C=O) groups is 1. The summed E-state index contributed by atoms with van der Waals surface area (Å²) in [7, 11) is 0. The zero-order chi connectivity index (χ0) is 10.9. The average molecular weight is 217 g/mol. The highest BCUT2D eigenvalue weighted by atomic mass is 35.5. The van der Waals surface area contributed by atoms with E-state index in [4.69, 9.17) is 16.7 Å². The maximum Gasteiger partial charge on any atom is 0.313 e. The van der Waals surface area contributed by atoms with E-state index in [1.54, 1.807) is 0 Å². The van der Waals surface area contributed by atoms with Gasteiger partial charge in [0, 0.05) is 10.6 Å². The van der Waals surface area contributed by atoms with Gasteiger partial charge in [-0.3, -0.25) is 4.79 Å². The number of aliphatic carboxylic acids is 1. The molecule has 1 aromatic carbocycles. The molecular weight excluding hydrogens is 207 g/mol. The van der Waals surface area contributed by atoms with Crippen LogP contribution in [0.15, 0.2) is 18.2 Å². The molecule has 0 atom stereocenters. The van der Waals surface area contributed by atoms with Crippen molar-refractivity contribution in [3.8, 4) is 0 Å². The fraction of sp³-hybridized carbons (Fsp3) is 0.300. The van der Waals surface area contributed by atoms with Gasteiger partial charge in [-0.15, -0.1) is 0 Å². The molecule has 0 saturated heterocycles. The van der Waals surface area contributed by atoms with Crippen LogP contribution in [0.3, 0.4) is 0 Å². The topological polar surface area (TPSA) is 37.3 Å². The fourth-order valence-corrected chi connectivity index (χ4v) is 1.26. The minimum absolute atomic E-state index is 0.0949. The number of carboxylic acid groups (broad SMARTS) is 1. The number of halogens is 2. The van der Waals surface area contributed by atoms with Crippen molar-refractivity contribution in [3.05, 3.63) is 34.6 Å². The molecule has 14 heavy (non-hydrogen) atoms. The Bertz CT molecular complexity index is 374. The molecule has 1 N–H and O–H groups in total. The lowest BCUT2D eigenvalue weighted by Crippen LogP contribution is -2.29. The van der Waals surface area contributed by atoms with Crippen molar-refractivity contribution in [2.75, 3.05) is 0 Å². The van der Waals surface area contributed by atoms with E-state index in [-0.39, 0.29) is 5.56 Å². The number of hydrogen-bond acceptors (Lipinski definition) is 1. The monoisotopic (exact) mass is 216 g/mol. The zero-order valence-electron chi connectivity index (χ0n) is 7.84. The Kier molecular flexibility index (Phi) is 2.81. The zero-order valence-corrected chi connectivity index (χ0v) is 8.60. The lowest BCUT2D eigenvalue weighted by molar-refractivity contribution is -0.142. The van der Waals surface area contributed by atoms with E-state index < -0.39 is 17.2 Å². The number of carboxylic acids is 1. The van der Waals surface area contributed by atoms with Gasteiger partial charge >= 0.3 is 5.97 Å². The third-order valence-corrected chi connectivity index (χ3v) is 2.37. The van der Waals surface area contributed by atoms with Gasteiger partial charge in [0.05, 0.1) is 5.41 Å². The van der Waals surface area contributed by atoms with Crippen LogP contribution in [0.4, 0.5) is 4.39 Å². The van der Waals surface area contributed by atoms with Crippen LogP contribution in [-0.4, -0.2) is 11.1 Å². The molecule has 0 aliphatic rings. The number of benzene rings is 1. The SMILES string of the molecule is CC(C)(C(=O)O)c1cc(Cl)ccc1F. The Morgan fingerprint density at radius 1 is 1.50 bits per heavy atom. The normalized spacial score (nSPS) is 11.4. The predicted octanol–water partition coefficient (Wildman–Crippen LogP) is 2.84. The third kappa shape index (κ3) is 1.87. The van der Waals surface area contributed by atoms with Gasteiger partial charge in [-0.05, 0) is 32.0 Å². The standard InChI is InChI=1S/C10H10ClFO2/c1-10(2,9(13)14)7-5-6(11)3-4-8(7)12/h3-5H,1-2H3,(H,13,14). The first-order chi connectivity index (χ1) is 6.35. The molecule has 0 heterocycles. The van der Waals surface area contributed by atoms with Crippen molar-refractivity contribution >= 4 is 17.6 Å². The first kappa shape index (κ1) is 11.0. The molecule has 76 valence electrons. The molecule has 2 nitrogen and oxygen atoms in total.